The molecule has 4 rings (SSSR count). The van der Waals surface area contributed by atoms with Gasteiger partial charge in [0, 0.05) is 30.3 Å². The topological polar surface area (TPSA) is 91.1 Å². The molecule has 26 heavy (non-hydrogen) atoms. The van der Waals surface area contributed by atoms with Crippen molar-refractivity contribution in [2.45, 2.75) is 12.5 Å². The van der Waals surface area contributed by atoms with Crippen LogP contribution >= 0.6 is 0 Å². The summed E-state index contributed by atoms with van der Waals surface area (Å²) < 4.78 is 5.32. The molecule has 1 atom stereocenters. The summed E-state index contributed by atoms with van der Waals surface area (Å²) in [5.74, 6) is 0.521. The highest BCUT2D eigenvalue weighted by Crippen LogP contribution is 2.33. The Morgan fingerprint density at radius 2 is 2.15 bits per heavy atom. The standard InChI is InChI=1S/C19H18N4O3/c1-26-14-4-2-3-12(7-14)15-9-23(10-16-18(15)22-11-21-16)19(25)13-5-6-20-17(24)8-13/h2-8,11,15H,9-10H2,1H3,(H,20,24)(H,21,22). The fraction of sp³-hybridized carbons (Fsp3) is 0.211. The zero-order valence-electron chi connectivity index (χ0n) is 14.2. The lowest BCUT2D eigenvalue weighted by Gasteiger charge is -2.32. The van der Waals surface area contributed by atoms with E-state index in [0.29, 0.717) is 18.7 Å². The van der Waals surface area contributed by atoms with Crippen LogP contribution in [-0.2, 0) is 6.54 Å². The van der Waals surface area contributed by atoms with Gasteiger partial charge in [0.2, 0.25) is 5.56 Å². The second-order valence-corrected chi connectivity index (χ2v) is 6.22. The number of methoxy groups -OCH3 is 1. The molecule has 0 radical (unpaired) electrons. The molecule has 2 N–H and O–H groups in total. The maximum Gasteiger partial charge on any atom is 0.254 e. The highest BCUT2D eigenvalue weighted by atomic mass is 16.5. The molecule has 1 aromatic carbocycles. The molecule has 3 aromatic rings. The molecule has 0 aliphatic carbocycles. The number of pyridine rings is 1. The van der Waals surface area contributed by atoms with Crippen molar-refractivity contribution >= 4 is 5.91 Å². The van der Waals surface area contributed by atoms with Gasteiger partial charge in [-0.15, -0.1) is 0 Å². The summed E-state index contributed by atoms with van der Waals surface area (Å²) in [6.45, 7) is 0.915. The van der Waals surface area contributed by atoms with Crippen LogP contribution in [0.3, 0.4) is 0 Å². The first kappa shape index (κ1) is 16.1. The largest absolute Gasteiger partial charge is 0.497 e. The highest BCUT2D eigenvalue weighted by molar-refractivity contribution is 5.94. The second kappa shape index (κ2) is 6.51. The number of aromatic amines is 2. The molecule has 0 bridgehead atoms. The van der Waals surface area contributed by atoms with Crippen LogP contribution in [0.5, 0.6) is 5.75 Å². The van der Waals surface area contributed by atoms with Crippen LogP contribution in [0.15, 0.2) is 53.7 Å². The molecule has 0 spiro atoms. The van der Waals surface area contributed by atoms with E-state index in [1.807, 2.05) is 24.3 Å². The van der Waals surface area contributed by atoms with Crippen molar-refractivity contribution in [1.82, 2.24) is 19.9 Å². The van der Waals surface area contributed by atoms with Crippen LogP contribution in [0, 0.1) is 0 Å². The summed E-state index contributed by atoms with van der Waals surface area (Å²) in [6, 6.07) is 10.7. The zero-order valence-corrected chi connectivity index (χ0v) is 14.2. The number of imidazole rings is 1. The van der Waals surface area contributed by atoms with E-state index in [0.717, 1.165) is 22.7 Å². The van der Waals surface area contributed by atoms with Gasteiger partial charge in [-0.05, 0) is 23.8 Å². The van der Waals surface area contributed by atoms with E-state index in [1.54, 1.807) is 24.4 Å². The molecule has 0 fully saturated rings. The lowest BCUT2D eigenvalue weighted by atomic mass is 9.90. The Balaban J connectivity index is 1.70. The number of aromatic nitrogens is 3. The van der Waals surface area contributed by atoms with Crippen LogP contribution in [0.25, 0.3) is 0 Å². The first-order valence-electron chi connectivity index (χ1n) is 8.30. The minimum absolute atomic E-state index is 0.0638. The van der Waals surface area contributed by atoms with Gasteiger partial charge < -0.3 is 19.6 Å². The molecule has 132 valence electrons. The van der Waals surface area contributed by atoms with E-state index >= 15 is 0 Å². The van der Waals surface area contributed by atoms with Crippen molar-refractivity contribution in [3.8, 4) is 5.75 Å². The van der Waals surface area contributed by atoms with Crippen molar-refractivity contribution in [2.75, 3.05) is 13.7 Å². The van der Waals surface area contributed by atoms with Crippen LogP contribution in [0.1, 0.15) is 33.2 Å². The summed E-state index contributed by atoms with van der Waals surface area (Å²) in [5, 5.41) is 0. The maximum absolute atomic E-state index is 12.9. The van der Waals surface area contributed by atoms with E-state index in [1.165, 1.54) is 12.3 Å². The van der Waals surface area contributed by atoms with Crippen LogP contribution in [0.4, 0.5) is 0 Å². The van der Waals surface area contributed by atoms with E-state index in [9.17, 15) is 9.59 Å². The Hall–Kier alpha value is -3.35. The molecule has 3 heterocycles. The minimum atomic E-state index is -0.292. The summed E-state index contributed by atoms with van der Waals surface area (Å²) in [7, 11) is 1.63. The number of fused-ring (bicyclic) bond motifs is 1. The average Bonchev–Trinajstić information content (AvgIpc) is 3.15. The van der Waals surface area contributed by atoms with Gasteiger partial charge in [-0.3, -0.25) is 9.59 Å². The molecule has 7 heteroatoms. The first-order valence-corrected chi connectivity index (χ1v) is 8.30. The predicted molar refractivity (Wildman–Crippen MR) is 95.2 cm³/mol. The third-order valence-electron chi connectivity index (χ3n) is 4.64. The minimum Gasteiger partial charge on any atom is -0.497 e. The maximum atomic E-state index is 12.9. The van der Waals surface area contributed by atoms with Crippen molar-refractivity contribution < 1.29 is 9.53 Å². The molecule has 2 aromatic heterocycles. The molecule has 1 amide bonds. The van der Waals surface area contributed by atoms with Gasteiger partial charge in [0.05, 0.1) is 31.4 Å². The van der Waals surface area contributed by atoms with Crippen LogP contribution < -0.4 is 10.3 Å². The van der Waals surface area contributed by atoms with Crippen molar-refractivity contribution in [2.24, 2.45) is 0 Å². The van der Waals surface area contributed by atoms with Gasteiger partial charge in [0.15, 0.2) is 0 Å². The van der Waals surface area contributed by atoms with Crippen molar-refractivity contribution in [3.05, 3.63) is 81.8 Å². The van der Waals surface area contributed by atoms with Gasteiger partial charge in [-0.25, -0.2) is 4.98 Å². The number of carbonyl (C=O) groups excluding carboxylic acids is 1. The third-order valence-corrected chi connectivity index (χ3v) is 4.64. The molecule has 1 aliphatic rings. The van der Waals surface area contributed by atoms with Crippen LogP contribution in [-0.4, -0.2) is 39.4 Å². The van der Waals surface area contributed by atoms with Gasteiger partial charge in [0.1, 0.15) is 5.75 Å². The lowest BCUT2D eigenvalue weighted by Crippen LogP contribution is -2.39. The summed E-state index contributed by atoms with van der Waals surface area (Å²) in [4.78, 5) is 36.3. The highest BCUT2D eigenvalue weighted by Gasteiger charge is 2.32. The Morgan fingerprint density at radius 1 is 1.27 bits per heavy atom. The number of H-pyrrole nitrogens is 2. The van der Waals surface area contributed by atoms with Gasteiger partial charge in [0.25, 0.3) is 5.91 Å². The SMILES string of the molecule is COc1cccc(C2CN(C(=O)c3cc[nH]c(=O)c3)Cc3[nH]cnc32)c1. The number of benzene rings is 1. The van der Waals surface area contributed by atoms with E-state index in [-0.39, 0.29) is 17.4 Å². The van der Waals surface area contributed by atoms with Crippen molar-refractivity contribution in [3.63, 3.8) is 0 Å². The van der Waals surface area contributed by atoms with E-state index in [2.05, 4.69) is 15.0 Å². The van der Waals surface area contributed by atoms with Crippen molar-refractivity contribution in [1.29, 1.82) is 0 Å². The zero-order chi connectivity index (χ0) is 18.1. The number of carbonyl (C=O) groups is 1. The average molecular weight is 350 g/mol. The van der Waals surface area contributed by atoms with Gasteiger partial charge in [-0.2, -0.15) is 0 Å². The van der Waals surface area contributed by atoms with Gasteiger partial charge >= 0.3 is 0 Å². The Labute approximate surface area is 149 Å². The first-order chi connectivity index (χ1) is 12.7. The number of nitrogens with one attached hydrogen (secondary N) is 2. The van der Waals surface area contributed by atoms with E-state index < -0.39 is 0 Å². The number of amides is 1. The molecule has 1 unspecified atom stereocenters. The Kier molecular flexibility index (Phi) is 4.04. The Morgan fingerprint density at radius 3 is 2.96 bits per heavy atom. The fourth-order valence-electron chi connectivity index (χ4n) is 3.36. The van der Waals surface area contributed by atoms with E-state index in [4.69, 9.17) is 4.74 Å². The fourth-order valence-corrected chi connectivity index (χ4v) is 3.36. The lowest BCUT2D eigenvalue weighted by molar-refractivity contribution is 0.0721. The monoisotopic (exact) mass is 350 g/mol. The Bertz CT molecular complexity index is 1010. The molecule has 7 nitrogen and oxygen atoms in total. The molecule has 1 aliphatic heterocycles. The third kappa shape index (κ3) is 2.88. The smallest absolute Gasteiger partial charge is 0.254 e. The summed E-state index contributed by atoms with van der Waals surface area (Å²) >= 11 is 0. The number of hydrogen-bond donors (Lipinski definition) is 2. The summed E-state index contributed by atoms with van der Waals surface area (Å²) in [5.41, 5.74) is 2.96. The molecular formula is C19H18N4O3. The molecule has 0 saturated carbocycles. The summed E-state index contributed by atoms with van der Waals surface area (Å²) in [6.07, 6.45) is 3.14. The normalized spacial score (nSPS) is 16.2. The molecular weight excluding hydrogens is 332 g/mol. The number of ether oxygens (including phenoxy) is 1. The van der Waals surface area contributed by atoms with Crippen LogP contribution in [0.2, 0.25) is 0 Å². The quantitative estimate of drug-likeness (QED) is 0.755. The van der Waals surface area contributed by atoms with Gasteiger partial charge in [-0.1, -0.05) is 12.1 Å². The second-order valence-electron chi connectivity index (χ2n) is 6.22. The number of nitrogens with zero attached hydrogens (tertiary/aromatic N) is 2. The molecule has 0 saturated heterocycles. The predicted octanol–water partition coefficient (Wildman–Crippen LogP) is 1.89. The number of hydrogen-bond acceptors (Lipinski definition) is 4. The number of rotatable bonds is 3.